The highest BCUT2D eigenvalue weighted by Crippen LogP contribution is 2.50. The Labute approximate surface area is 108 Å². The van der Waals surface area contributed by atoms with Gasteiger partial charge in [0.1, 0.15) is 5.75 Å². The van der Waals surface area contributed by atoms with Crippen molar-refractivity contribution in [2.75, 3.05) is 6.61 Å². The molecule has 1 aromatic carbocycles. The topological polar surface area (TPSA) is 46.5 Å². The van der Waals surface area contributed by atoms with Crippen molar-refractivity contribution in [3.63, 3.8) is 0 Å². The molecular weight excluding hydrogens is 261 g/mol. The quantitative estimate of drug-likeness (QED) is 0.896. The molecule has 6 heteroatoms. The normalized spacial score (nSPS) is 22.1. The average Bonchev–Trinajstić information content (AvgIpc) is 3.08. The number of hydrogen-bond donors (Lipinski definition) is 1. The lowest BCUT2D eigenvalue weighted by Crippen LogP contribution is -2.13. The summed E-state index contributed by atoms with van der Waals surface area (Å²) in [4.78, 5) is 10.8. The monoisotopic (exact) mass is 274 g/mol. The largest absolute Gasteiger partial charge is 0.493 e. The van der Waals surface area contributed by atoms with Crippen molar-refractivity contribution in [3.05, 3.63) is 29.8 Å². The van der Waals surface area contributed by atoms with Gasteiger partial charge in [0.2, 0.25) is 0 Å². The molecule has 0 spiro atoms. The number of para-hydroxylation sites is 1. The number of carbonyl (C=O) groups is 1. The molecule has 104 valence electrons. The summed E-state index contributed by atoms with van der Waals surface area (Å²) in [7, 11) is 0. The minimum absolute atomic E-state index is 0.153. The first-order chi connectivity index (χ1) is 8.88. The third-order valence-corrected chi connectivity index (χ3v) is 3.07. The Kier molecular flexibility index (Phi) is 3.68. The SMILES string of the molecule is O=C(O)[C@@H]1C[C@@H]1c1ccccc1OCCC(F)(F)F. The fourth-order valence-electron chi connectivity index (χ4n) is 2.01. The van der Waals surface area contributed by atoms with E-state index in [4.69, 9.17) is 9.84 Å². The third-order valence-electron chi connectivity index (χ3n) is 3.07. The van der Waals surface area contributed by atoms with Crippen molar-refractivity contribution in [1.29, 1.82) is 0 Å². The van der Waals surface area contributed by atoms with Gasteiger partial charge in [-0.25, -0.2) is 0 Å². The molecule has 0 bridgehead atoms. The molecule has 1 aliphatic carbocycles. The summed E-state index contributed by atoms with van der Waals surface area (Å²) in [5, 5.41) is 8.87. The van der Waals surface area contributed by atoms with E-state index in [9.17, 15) is 18.0 Å². The number of carboxylic acids is 1. The van der Waals surface area contributed by atoms with Crippen molar-refractivity contribution < 1.29 is 27.8 Å². The van der Waals surface area contributed by atoms with Gasteiger partial charge in [0.15, 0.2) is 0 Å². The molecule has 0 saturated heterocycles. The average molecular weight is 274 g/mol. The molecular formula is C13H13F3O3. The van der Waals surface area contributed by atoms with Crippen molar-refractivity contribution in [2.45, 2.75) is 24.9 Å². The van der Waals surface area contributed by atoms with Gasteiger partial charge in [-0.1, -0.05) is 18.2 Å². The molecule has 2 atom stereocenters. The molecule has 1 fully saturated rings. The third kappa shape index (κ3) is 3.62. The fraction of sp³-hybridized carbons (Fsp3) is 0.462. The van der Waals surface area contributed by atoms with Gasteiger partial charge in [-0.3, -0.25) is 4.79 Å². The van der Waals surface area contributed by atoms with Crippen LogP contribution in [0.4, 0.5) is 13.2 Å². The van der Waals surface area contributed by atoms with Gasteiger partial charge in [0.05, 0.1) is 18.9 Å². The second-order valence-electron chi connectivity index (χ2n) is 4.54. The van der Waals surface area contributed by atoms with Gasteiger partial charge in [0.25, 0.3) is 0 Å². The van der Waals surface area contributed by atoms with E-state index in [0.717, 1.165) is 0 Å². The second-order valence-corrected chi connectivity index (χ2v) is 4.54. The Morgan fingerprint density at radius 2 is 2.05 bits per heavy atom. The molecule has 0 heterocycles. The Hall–Kier alpha value is -1.72. The molecule has 1 N–H and O–H groups in total. The van der Waals surface area contributed by atoms with Crippen LogP contribution in [0.25, 0.3) is 0 Å². The van der Waals surface area contributed by atoms with Gasteiger partial charge < -0.3 is 9.84 Å². The first-order valence-electron chi connectivity index (χ1n) is 5.90. The van der Waals surface area contributed by atoms with Crippen LogP contribution in [0.1, 0.15) is 24.3 Å². The molecule has 0 radical (unpaired) electrons. The number of ether oxygens (including phenoxy) is 1. The van der Waals surface area contributed by atoms with Crippen LogP contribution in [0.3, 0.4) is 0 Å². The lowest BCUT2D eigenvalue weighted by atomic mass is 10.1. The van der Waals surface area contributed by atoms with E-state index in [1.54, 1.807) is 24.3 Å². The van der Waals surface area contributed by atoms with Crippen LogP contribution >= 0.6 is 0 Å². The van der Waals surface area contributed by atoms with E-state index in [0.29, 0.717) is 17.7 Å². The van der Waals surface area contributed by atoms with E-state index >= 15 is 0 Å². The van der Waals surface area contributed by atoms with E-state index in [1.807, 2.05) is 0 Å². The zero-order valence-electron chi connectivity index (χ0n) is 9.98. The van der Waals surface area contributed by atoms with Gasteiger partial charge in [-0.05, 0) is 18.1 Å². The highest BCUT2D eigenvalue weighted by atomic mass is 19.4. The molecule has 1 aromatic rings. The number of aliphatic carboxylic acids is 1. The van der Waals surface area contributed by atoms with Crippen molar-refractivity contribution in [3.8, 4) is 5.75 Å². The molecule has 0 amide bonds. The minimum Gasteiger partial charge on any atom is -0.493 e. The van der Waals surface area contributed by atoms with Gasteiger partial charge in [0, 0.05) is 5.92 Å². The van der Waals surface area contributed by atoms with Gasteiger partial charge >= 0.3 is 12.1 Å². The van der Waals surface area contributed by atoms with Crippen LogP contribution in [0, 0.1) is 5.92 Å². The van der Waals surface area contributed by atoms with Crippen molar-refractivity contribution in [1.82, 2.24) is 0 Å². The van der Waals surface area contributed by atoms with Crippen molar-refractivity contribution >= 4 is 5.97 Å². The lowest BCUT2D eigenvalue weighted by molar-refractivity contribution is -0.140. The predicted molar refractivity (Wildman–Crippen MR) is 61.1 cm³/mol. The Balaban J connectivity index is 2.00. The van der Waals surface area contributed by atoms with Gasteiger partial charge in [-0.2, -0.15) is 13.2 Å². The maximum atomic E-state index is 12.0. The lowest BCUT2D eigenvalue weighted by Gasteiger charge is -2.12. The van der Waals surface area contributed by atoms with Crippen LogP contribution in [0.2, 0.25) is 0 Å². The maximum absolute atomic E-state index is 12.0. The number of hydrogen-bond acceptors (Lipinski definition) is 2. The smallest absolute Gasteiger partial charge is 0.392 e. The molecule has 1 aliphatic rings. The minimum atomic E-state index is -4.25. The van der Waals surface area contributed by atoms with E-state index in [1.165, 1.54) is 0 Å². The number of halogens is 3. The van der Waals surface area contributed by atoms with Crippen LogP contribution in [0.5, 0.6) is 5.75 Å². The summed E-state index contributed by atoms with van der Waals surface area (Å²) >= 11 is 0. The van der Waals surface area contributed by atoms with E-state index < -0.39 is 31.1 Å². The first-order valence-corrected chi connectivity index (χ1v) is 5.90. The molecule has 0 aromatic heterocycles. The summed E-state index contributed by atoms with van der Waals surface area (Å²) in [6.07, 6.45) is -4.76. The summed E-state index contributed by atoms with van der Waals surface area (Å²) < 4.78 is 41.2. The molecule has 0 unspecified atom stereocenters. The molecule has 2 rings (SSSR count). The van der Waals surface area contributed by atoms with Crippen molar-refractivity contribution in [2.24, 2.45) is 5.92 Å². The Bertz CT molecular complexity index is 470. The molecule has 19 heavy (non-hydrogen) atoms. The Morgan fingerprint density at radius 3 is 2.63 bits per heavy atom. The number of alkyl halides is 3. The number of carboxylic acid groups (broad SMARTS) is 1. The van der Waals surface area contributed by atoms with Gasteiger partial charge in [-0.15, -0.1) is 0 Å². The predicted octanol–water partition coefficient (Wildman–Crippen LogP) is 3.21. The van der Waals surface area contributed by atoms with E-state index in [-0.39, 0.29) is 5.92 Å². The van der Waals surface area contributed by atoms with Crippen LogP contribution in [-0.2, 0) is 4.79 Å². The zero-order chi connectivity index (χ0) is 14.0. The molecule has 3 nitrogen and oxygen atoms in total. The molecule has 0 aliphatic heterocycles. The van der Waals surface area contributed by atoms with Crippen LogP contribution in [-0.4, -0.2) is 23.9 Å². The van der Waals surface area contributed by atoms with Crippen LogP contribution < -0.4 is 4.74 Å². The highest BCUT2D eigenvalue weighted by Gasteiger charge is 2.45. The second kappa shape index (κ2) is 5.11. The maximum Gasteiger partial charge on any atom is 0.392 e. The number of benzene rings is 1. The zero-order valence-corrected chi connectivity index (χ0v) is 9.98. The summed E-state index contributed by atoms with van der Waals surface area (Å²) in [5.41, 5.74) is 0.678. The van der Waals surface area contributed by atoms with E-state index in [2.05, 4.69) is 0 Å². The van der Waals surface area contributed by atoms with Crippen LogP contribution in [0.15, 0.2) is 24.3 Å². The molecule has 1 saturated carbocycles. The highest BCUT2D eigenvalue weighted by molar-refractivity contribution is 5.75. The first kappa shape index (κ1) is 13.7. The standard InChI is InChI=1S/C13H13F3O3/c14-13(15,16)5-6-19-11-4-2-1-3-8(11)9-7-10(9)12(17)18/h1-4,9-10H,5-7H2,(H,17,18)/t9-,10-/m1/s1. The Morgan fingerprint density at radius 1 is 1.37 bits per heavy atom. The fourth-order valence-corrected chi connectivity index (χ4v) is 2.01. The summed E-state index contributed by atoms with van der Waals surface area (Å²) in [6.45, 7) is -0.453. The summed E-state index contributed by atoms with van der Waals surface area (Å²) in [6, 6.07) is 6.66. The number of rotatable bonds is 5. The summed E-state index contributed by atoms with van der Waals surface area (Å²) in [5.74, 6) is -1.14.